The molecule has 0 saturated carbocycles. The largest absolute Gasteiger partial charge is 0.280 e. The van der Waals surface area contributed by atoms with E-state index in [0.717, 1.165) is 27.8 Å². The number of fused-ring (bicyclic) bond motifs is 1. The molecule has 1 aromatic heterocycles. The molecular formula is C30H22ClN5O2S. The smallest absolute Gasteiger partial charge is 0.271 e. The molecule has 9 heteroatoms. The minimum Gasteiger partial charge on any atom is -0.271 e. The van der Waals surface area contributed by atoms with Gasteiger partial charge in [0.25, 0.3) is 11.8 Å². The molecule has 1 unspecified atom stereocenters. The van der Waals surface area contributed by atoms with Crippen LogP contribution >= 0.6 is 23.4 Å². The average molecular weight is 552 g/mol. The molecule has 0 radical (unpaired) electrons. The summed E-state index contributed by atoms with van der Waals surface area (Å²) in [5.74, 6) is -0.680. The van der Waals surface area contributed by atoms with E-state index in [0.29, 0.717) is 15.4 Å². The number of hydrazine groups is 1. The van der Waals surface area contributed by atoms with Gasteiger partial charge in [0, 0.05) is 10.6 Å². The number of aromatic nitrogens is 3. The van der Waals surface area contributed by atoms with Crippen LogP contribution in [0.3, 0.4) is 0 Å². The van der Waals surface area contributed by atoms with Crippen LogP contribution in [0.1, 0.15) is 22.1 Å². The number of carbonyl (C=O) groups excluding carboxylic acids is 2. The normalized spacial score (nSPS) is 15.1. The third-order valence-corrected chi connectivity index (χ3v) is 7.92. The van der Waals surface area contributed by atoms with Gasteiger partial charge in [0.15, 0.2) is 0 Å². The first-order valence-electron chi connectivity index (χ1n) is 12.3. The average Bonchev–Trinajstić information content (AvgIpc) is 3.51. The summed E-state index contributed by atoms with van der Waals surface area (Å²) in [4.78, 5) is 27.9. The lowest BCUT2D eigenvalue weighted by molar-refractivity contribution is -0.138. The minimum absolute atomic E-state index is 0.0917. The molecule has 1 aliphatic heterocycles. The fourth-order valence-corrected chi connectivity index (χ4v) is 5.98. The lowest BCUT2D eigenvalue weighted by atomic mass is 9.97. The van der Waals surface area contributed by atoms with Crippen LogP contribution in [-0.2, 0) is 16.1 Å². The summed E-state index contributed by atoms with van der Waals surface area (Å²) in [5, 5.41) is 9.72. The molecule has 1 fully saturated rings. The zero-order valence-electron chi connectivity index (χ0n) is 20.6. The Bertz CT molecular complexity index is 1650. The number of nitrogens with zero attached hydrogens (tertiary/aromatic N) is 4. The van der Waals surface area contributed by atoms with Crippen LogP contribution in [0.15, 0.2) is 114 Å². The molecule has 0 bridgehead atoms. The zero-order chi connectivity index (χ0) is 26.8. The Labute approximate surface area is 234 Å². The first kappa shape index (κ1) is 24.9. The van der Waals surface area contributed by atoms with E-state index in [9.17, 15) is 9.59 Å². The molecule has 1 aliphatic rings. The maximum Gasteiger partial charge on any atom is 0.280 e. The number of hydrogen-bond acceptors (Lipinski definition) is 5. The predicted octanol–water partition coefficient (Wildman–Crippen LogP) is 5.85. The molecule has 2 amide bonds. The van der Waals surface area contributed by atoms with E-state index in [1.54, 1.807) is 12.1 Å². The van der Waals surface area contributed by atoms with Crippen molar-refractivity contribution in [2.75, 3.05) is 0 Å². The third-order valence-electron chi connectivity index (χ3n) is 6.34. The van der Waals surface area contributed by atoms with Gasteiger partial charge in [0.1, 0.15) is 17.4 Å². The van der Waals surface area contributed by atoms with Gasteiger partial charge in [0.2, 0.25) is 0 Å². The number of thioether (sulfide) groups is 1. The lowest BCUT2D eigenvalue weighted by Crippen LogP contribution is -2.45. The van der Waals surface area contributed by atoms with E-state index in [2.05, 4.69) is 15.7 Å². The van der Waals surface area contributed by atoms with E-state index >= 15 is 0 Å². The van der Waals surface area contributed by atoms with E-state index in [1.165, 1.54) is 21.5 Å². The van der Waals surface area contributed by atoms with Crippen molar-refractivity contribution in [2.45, 2.75) is 11.9 Å². The van der Waals surface area contributed by atoms with Crippen LogP contribution in [0, 0.1) is 0 Å². The van der Waals surface area contributed by atoms with E-state index in [1.807, 2.05) is 97.1 Å². The second-order valence-corrected chi connectivity index (χ2v) is 10.4. The summed E-state index contributed by atoms with van der Waals surface area (Å²) >= 11 is 7.55. The van der Waals surface area contributed by atoms with Gasteiger partial charge >= 0.3 is 0 Å². The Kier molecular flexibility index (Phi) is 6.87. The zero-order valence-corrected chi connectivity index (χ0v) is 22.1. The van der Waals surface area contributed by atoms with Crippen molar-refractivity contribution in [1.82, 2.24) is 25.4 Å². The maximum absolute atomic E-state index is 14.1. The number of para-hydroxylation sites is 1. The Morgan fingerprint density at radius 3 is 2.13 bits per heavy atom. The van der Waals surface area contributed by atoms with Gasteiger partial charge in [-0.25, -0.2) is 9.69 Å². The summed E-state index contributed by atoms with van der Waals surface area (Å²) in [5.41, 5.74) is 7.75. The SMILES string of the molecule is O=C(Cn1nnc2ccccc21)NN1C(=O)C(=C(c2ccccc2)c2ccccc2)SC1c1ccc(Cl)cc1. The molecule has 5 aromatic rings. The first-order chi connectivity index (χ1) is 19.1. The number of benzene rings is 4. The van der Waals surface area contributed by atoms with E-state index < -0.39 is 5.37 Å². The van der Waals surface area contributed by atoms with Crippen LogP contribution in [0.25, 0.3) is 16.6 Å². The standard InChI is InChI=1S/C30H22ClN5O2S/c31-23-17-15-22(16-18-23)30-36(33-26(37)19-35-25-14-8-7-13-24(25)32-34-35)29(38)28(39-30)27(20-9-3-1-4-10-20)21-11-5-2-6-12-21/h1-18,30H,19H2,(H,33,37). The van der Waals surface area contributed by atoms with Crippen LogP contribution in [0.4, 0.5) is 0 Å². The Morgan fingerprint density at radius 1 is 0.846 bits per heavy atom. The van der Waals surface area contributed by atoms with Gasteiger partial charge in [-0.05, 0) is 41.0 Å². The topological polar surface area (TPSA) is 80.1 Å². The second kappa shape index (κ2) is 10.8. The van der Waals surface area contributed by atoms with Gasteiger partial charge in [-0.3, -0.25) is 15.0 Å². The first-order valence-corrected chi connectivity index (χ1v) is 13.5. The number of nitrogens with one attached hydrogen (secondary N) is 1. The Hall–Kier alpha value is -4.40. The van der Waals surface area contributed by atoms with Crippen LogP contribution in [0.2, 0.25) is 5.02 Å². The third kappa shape index (κ3) is 5.04. The monoisotopic (exact) mass is 551 g/mol. The van der Waals surface area contributed by atoms with E-state index in [4.69, 9.17) is 11.6 Å². The van der Waals surface area contributed by atoms with E-state index in [-0.39, 0.29) is 18.4 Å². The highest BCUT2D eigenvalue weighted by Gasteiger charge is 2.40. The Balaban J connectivity index is 1.40. The summed E-state index contributed by atoms with van der Waals surface area (Å²) < 4.78 is 1.52. The highest BCUT2D eigenvalue weighted by molar-refractivity contribution is 8.04. The summed E-state index contributed by atoms with van der Waals surface area (Å²) in [6.45, 7) is -0.0917. The highest BCUT2D eigenvalue weighted by atomic mass is 35.5. The molecule has 39 heavy (non-hydrogen) atoms. The van der Waals surface area contributed by atoms with Crippen LogP contribution in [-0.4, -0.2) is 31.8 Å². The van der Waals surface area contributed by atoms with Crippen molar-refractivity contribution in [3.63, 3.8) is 0 Å². The van der Waals surface area contributed by atoms with Crippen LogP contribution < -0.4 is 5.43 Å². The number of rotatable bonds is 6. The highest BCUT2D eigenvalue weighted by Crippen LogP contribution is 2.48. The molecule has 192 valence electrons. The number of halogens is 1. The van der Waals surface area contributed by atoms with Crippen molar-refractivity contribution >= 4 is 51.8 Å². The molecule has 1 atom stereocenters. The minimum atomic E-state index is -0.497. The molecule has 6 rings (SSSR count). The quantitative estimate of drug-likeness (QED) is 0.268. The Morgan fingerprint density at radius 2 is 1.46 bits per heavy atom. The van der Waals surface area contributed by atoms with Crippen molar-refractivity contribution in [3.05, 3.63) is 136 Å². The number of carbonyl (C=O) groups is 2. The van der Waals surface area contributed by atoms with Gasteiger partial charge < -0.3 is 0 Å². The molecule has 2 heterocycles. The molecular weight excluding hydrogens is 530 g/mol. The van der Waals surface area contributed by atoms with Gasteiger partial charge in [-0.15, -0.1) is 5.10 Å². The number of amides is 2. The molecule has 0 spiro atoms. The molecule has 4 aromatic carbocycles. The summed E-state index contributed by atoms with van der Waals surface area (Å²) in [6, 6.07) is 34.3. The second-order valence-electron chi connectivity index (χ2n) is 8.90. The molecule has 1 N–H and O–H groups in total. The van der Waals surface area contributed by atoms with Gasteiger partial charge in [0.05, 0.1) is 10.4 Å². The van der Waals surface area contributed by atoms with Crippen molar-refractivity contribution in [3.8, 4) is 0 Å². The predicted molar refractivity (Wildman–Crippen MR) is 153 cm³/mol. The molecule has 0 aliphatic carbocycles. The van der Waals surface area contributed by atoms with Crippen molar-refractivity contribution in [2.24, 2.45) is 0 Å². The maximum atomic E-state index is 14.1. The van der Waals surface area contributed by atoms with Gasteiger partial charge in [-0.2, -0.15) is 0 Å². The summed E-state index contributed by atoms with van der Waals surface area (Å²) in [7, 11) is 0. The van der Waals surface area contributed by atoms with Crippen molar-refractivity contribution in [1.29, 1.82) is 0 Å². The molecule has 1 saturated heterocycles. The van der Waals surface area contributed by atoms with Gasteiger partial charge in [-0.1, -0.05) is 114 Å². The fraction of sp³-hybridized carbons (Fsp3) is 0.0667. The summed E-state index contributed by atoms with van der Waals surface area (Å²) in [6.07, 6.45) is 0. The van der Waals surface area contributed by atoms with Crippen LogP contribution in [0.5, 0.6) is 0 Å². The molecule has 7 nitrogen and oxygen atoms in total. The lowest BCUT2D eigenvalue weighted by Gasteiger charge is -2.24. The fourth-order valence-electron chi connectivity index (χ4n) is 4.53. The van der Waals surface area contributed by atoms with Crippen molar-refractivity contribution < 1.29 is 9.59 Å². The number of hydrogen-bond donors (Lipinski definition) is 1.